The van der Waals surface area contributed by atoms with Gasteiger partial charge in [0, 0.05) is 17.7 Å². The first-order valence-electron chi connectivity index (χ1n) is 3.18. The summed E-state index contributed by atoms with van der Waals surface area (Å²) >= 11 is 1.70. The minimum Gasteiger partial charge on any atom is -0.423 e. The number of nitrogens with zero attached hydrogens (tertiary/aromatic N) is 2. The highest BCUT2D eigenvalue weighted by atomic mass is 127. The number of rotatable bonds is 2. The van der Waals surface area contributed by atoms with Crippen LogP contribution in [0.3, 0.4) is 0 Å². The van der Waals surface area contributed by atoms with E-state index in [1.165, 1.54) is 6.20 Å². The van der Waals surface area contributed by atoms with Crippen molar-refractivity contribution in [3.8, 4) is 0 Å². The van der Waals surface area contributed by atoms with E-state index in [9.17, 15) is 10.1 Å². The van der Waals surface area contributed by atoms with Gasteiger partial charge in [-0.15, -0.1) is 0 Å². The maximum absolute atomic E-state index is 10.4. The molecular weight excluding hydrogens is 290 g/mol. The summed E-state index contributed by atoms with van der Waals surface area (Å²) in [5.74, 6) is 0. The summed E-state index contributed by atoms with van der Waals surface area (Å²) in [6.07, 6.45) is 1.18. The average Bonchev–Trinajstić information content (AvgIpc) is 2.04. The van der Waals surface area contributed by atoms with Gasteiger partial charge in [0.15, 0.2) is 3.70 Å². The van der Waals surface area contributed by atoms with Crippen LogP contribution in [0.25, 0.3) is 0 Å². The Hall–Kier alpha value is -0.735. The average molecular weight is 294 g/mol. The van der Waals surface area contributed by atoms with Crippen LogP contribution >= 0.6 is 22.6 Å². The van der Waals surface area contributed by atoms with Crippen LogP contribution in [-0.2, 0) is 0 Å². The standard InChI is InChI=1S/C5H4BIN2O4/c7-5-4(9(12)13)1-3(2-8-5)6(10)11/h1-2,10-11H. The van der Waals surface area contributed by atoms with E-state index in [0.29, 0.717) is 0 Å². The normalized spacial score (nSPS) is 9.77. The lowest BCUT2D eigenvalue weighted by atomic mass is 9.81. The minimum absolute atomic E-state index is 0.00659. The summed E-state index contributed by atoms with van der Waals surface area (Å²) in [5.41, 5.74) is -0.224. The molecule has 0 radical (unpaired) electrons. The maximum Gasteiger partial charge on any atom is 0.490 e. The van der Waals surface area contributed by atoms with Gasteiger partial charge >= 0.3 is 12.8 Å². The molecule has 1 rings (SSSR count). The monoisotopic (exact) mass is 294 g/mol. The molecule has 0 bridgehead atoms. The lowest BCUT2D eigenvalue weighted by Crippen LogP contribution is -2.30. The van der Waals surface area contributed by atoms with Crippen LogP contribution in [0.4, 0.5) is 5.69 Å². The van der Waals surface area contributed by atoms with E-state index in [2.05, 4.69) is 4.98 Å². The molecule has 0 aliphatic heterocycles. The van der Waals surface area contributed by atoms with Gasteiger partial charge in [-0.25, -0.2) is 4.98 Å². The van der Waals surface area contributed by atoms with Crippen LogP contribution in [-0.4, -0.2) is 27.1 Å². The SMILES string of the molecule is O=[N+]([O-])c1cc(B(O)O)cnc1I. The molecule has 6 nitrogen and oxygen atoms in total. The molecule has 1 aromatic rings. The van der Waals surface area contributed by atoms with E-state index in [0.717, 1.165) is 6.07 Å². The molecule has 0 aromatic carbocycles. The molecule has 8 heteroatoms. The van der Waals surface area contributed by atoms with Crippen LogP contribution in [0.1, 0.15) is 0 Å². The zero-order valence-electron chi connectivity index (χ0n) is 6.22. The van der Waals surface area contributed by atoms with Gasteiger partial charge in [0.2, 0.25) is 0 Å². The first kappa shape index (κ1) is 10.3. The molecule has 0 amide bonds. The fourth-order valence-electron chi connectivity index (χ4n) is 0.721. The van der Waals surface area contributed by atoms with E-state index < -0.39 is 12.0 Å². The van der Waals surface area contributed by atoms with E-state index in [1.807, 2.05) is 0 Å². The highest BCUT2D eigenvalue weighted by molar-refractivity contribution is 14.1. The van der Waals surface area contributed by atoms with Crippen LogP contribution in [0.15, 0.2) is 12.3 Å². The van der Waals surface area contributed by atoms with E-state index >= 15 is 0 Å². The Labute approximate surface area is 87.0 Å². The number of nitro groups is 1. The Morgan fingerprint density at radius 1 is 1.62 bits per heavy atom. The lowest BCUT2D eigenvalue weighted by Gasteiger charge is -1.99. The van der Waals surface area contributed by atoms with Crippen molar-refractivity contribution in [3.05, 3.63) is 26.1 Å². The fourth-order valence-corrected chi connectivity index (χ4v) is 1.21. The van der Waals surface area contributed by atoms with Crippen LogP contribution < -0.4 is 5.46 Å². The highest BCUT2D eigenvalue weighted by Gasteiger charge is 2.19. The predicted molar refractivity (Wildman–Crippen MR) is 53.4 cm³/mol. The number of hydrogen-bond donors (Lipinski definition) is 2. The fraction of sp³-hybridized carbons (Fsp3) is 0. The third kappa shape index (κ3) is 2.35. The van der Waals surface area contributed by atoms with E-state index in [4.69, 9.17) is 10.0 Å². The molecule has 0 spiro atoms. The quantitative estimate of drug-likeness (QED) is 0.246. The van der Waals surface area contributed by atoms with Gasteiger partial charge in [-0.2, -0.15) is 0 Å². The Balaban J connectivity index is 3.19. The summed E-state index contributed by atoms with van der Waals surface area (Å²) in [6.45, 7) is 0. The van der Waals surface area contributed by atoms with Gasteiger partial charge in [0.25, 0.3) is 0 Å². The van der Waals surface area contributed by atoms with Crippen molar-refractivity contribution < 1.29 is 15.0 Å². The topological polar surface area (TPSA) is 96.5 Å². The van der Waals surface area contributed by atoms with Gasteiger partial charge < -0.3 is 10.0 Å². The van der Waals surface area contributed by atoms with Gasteiger partial charge in [0.1, 0.15) is 0 Å². The Morgan fingerprint density at radius 3 is 2.69 bits per heavy atom. The number of pyridine rings is 1. The Kier molecular flexibility index (Phi) is 3.17. The Bertz CT molecular complexity index is 345. The summed E-state index contributed by atoms with van der Waals surface area (Å²) in [5, 5.41) is 27.8. The molecule has 0 aliphatic carbocycles. The molecule has 0 aliphatic rings. The first-order valence-corrected chi connectivity index (χ1v) is 4.26. The molecule has 2 N–H and O–H groups in total. The zero-order valence-corrected chi connectivity index (χ0v) is 8.37. The molecule has 0 saturated carbocycles. The molecule has 0 saturated heterocycles. The molecular formula is C5H4BIN2O4. The third-order valence-electron chi connectivity index (χ3n) is 1.34. The van der Waals surface area contributed by atoms with E-state index in [-0.39, 0.29) is 14.9 Å². The second-order valence-electron chi connectivity index (χ2n) is 2.21. The highest BCUT2D eigenvalue weighted by Crippen LogP contribution is 2.15. The smallest absolute Gasteiger partial charge is 0.423 e. The second kappa shape index (κ2) is 3.98. The van der Waals surface area contributed by atoms with Gasteiger partial charge in [-0.3, -0.25) is 10.1 Å². The summed E-state index contributed by atoms with van der Waals surface area (Å²) < 4.78 is 0.215. The number of aromatic nitrogens is 1. The summed E-state index contributed by atoms with van der Waals surface area (Å²) in [6, 6.07) is 1.08. The summed E-state index contributed by atoms with van der Waals surface area (Å²) in [4.78, 5) is 13.4. The molecule has 0 fully saturated rings. The predicted octanol–water partition coefficient (Wildman–Crippen LogP) is -0.726. The molecule has 0 atom stereocenters. The van der Waals surface area contributed by atoms with Crippen LogP contribution in [0, 0.1) is 13.8 Å². The van der Waals surface area contributed by atoms with Gasteiger partial charge in [-0.1, -0.05) is 0 Å². The first-order chi connectivity index (χ1) is 6.02. The number of halogens is 1. The molecule has 1 heterocycles. The zero-order chi connectivity index (χ0) is 10.0. The molecule has 68 valence electrons. The number of hydrogen-bond acceptors (Lipinski definition) is 5. The van der Waals surface area contributed by atoms with Crippen molar-refractivity contribution >= 4 is 40.9 Å². The lowest BCUT2D eigenvalue weighted by molar-refractivity contribution is -0.386. The molecule has 1 aromatic heterocycles. The summed E-state index contributed by atoms with van der Waals surface area (Å²) in [7, 11) is -1.73. The van der Waals surface area contributed by atoms with Crippen molar-refractivity contribution in [1.82, 2.24) is 4.98 Å². The maximum atomic E-state index is 10.4. The van der Waals surface area contributed by atoms with Crippen molar-refractivity contribution in [2.45, 2.75) is 0 Å². The van der Waals surface area contributed by atoms with Crippen molar-refractivity contribution in [3.63, 3.8) is 0 Å². The largest absolute Gasteiger partial charge is 0.490 e. The second-order valence-corrected chi connectivity index (χ2v) is 3.23. The molecule has 0 unspecified atom stereocenters. The van der Waals surface area contributed by atoms with Gasteiger partial charge in [-0.05, 0) is 22.6 Å². The van der Waals surface area contributed by atoms with Crippen molar-refractivity contribution in [1.29, 1.82) is 0 Å². The Morgan fingerprint density at radius 2 is 2.23 bits per heavy atom. The third-order valence-corrected chi connectivity index (χ3v) is 2.17. The van der Waals surface area contributed by atoms with Crippen LogP contribution in [0.2, 0.25) is 0 Å². The van der Waals surface area contributed by atoms with Crippen molar-refractivity contribution in [2.24, 2.45) is 0 Å². The van der Waals surface area contributed by atoms with Crippen molar-refractivity contribution in [2.75, 3.05) is 0 Å². The van der Waals surface area contributed by atoms with Gasteiger partial charge in [0.05, 0.1) is 4.92 Å². The minimum atomic E-state index is -1.73. The molecule has 13 heavy (non-hydrogen) atoms. The van der Waals surface area contributed by atoms with E-state index in [1.54, 1.807) is 22.6 Å². The van der Waals surface area contributed by atoms with Crippen LogP contribution in [0.5, 0.6) is 0 Å².